The summed E-state index contributed by atoms with van der Waals surface area (Å²) in [7, 11) is 0. The van der Waals surface area contributed by atoms with Gasteiger partial charge in [0.2, 0.25) is 0 Å². The molecule has 12 N–H and O–H groups in total. The van der Waals surface area contributed by atoms with Crippen molar-refractivity contribution in [2.45, 2.75) is 0 Å². The van der Waals surface area contributed by atoms with Crippen molar-refractivity contribution in [2.75, 3.05) is 22.3 Å². The molecule has 2 aromatic carbocycles. The van der Waals surface area contributed by atoms with Crippen LogP contribution >= 0.6 is 23.2 Å². The molecule has 0 amide bonds. The average molecular weight is 477 g/mol. The van der Waals surface area contributed by atoms with Gasteiger partial charge in [0.25, 0.3) is 0 Å². The summed E-state index contributed by atoms with van der Waals surface area (Å²) < 4.78 is 34.5. The maximum absolute atomic E-state index is 8.63. The second-order valence-electron chi connectivity index (χ2n) is 4.22. The van der Waals surface area contributed by atoms with Crippen LogP contribution in [-0.2, 0) is 23.5 Å². The van der Waals surface area contributed by atoms with Crippen LogP contribution in [0.1, 0.15) is 0 Å². The van der Waals surface area contributed by atoms with E-state index in [1.165, 1.54) is 0 Å². The number of hydrogen-bond donors (Lipinski definition) is 6. The van der Waals surface area contributed by atoms with Crippen LogP contribution in [0.4, 0.5) is 22.7 Å². The summed E-state index contributed by atoms with van der Waals surface area (Å²) in [6.45, 7) is 0. The van der Waals surface area contributed by atoms with Gasteiger partial charge in [-0.1, -0.05) is 23.2 Å². The van der Waals surface area contributed by atoms with Crippen molar-refractivity contribution in [3.05, 3.63) is 46.4 Å². The molecule has 0 saturated heterocycles. The first-order chi connectivity index (χ1) is 11.5. The van der Waals surface area contributed by atoms with Gasteiger partial charge in [0.1, 0.15) is 11.4 Å². The van der Waals surface area contributed by atoms with Crippen LogP contribution in [0.3, 0.4) is 0 Å². The average Bonchev–Trinajstić information content (AvgIpc) is 2.46. The number of nitrogens with one attached hydrogen (secondary N) is 2. The maximum atomic E-state index is 8.63. The second kappa shape index (κ2) is 11.1. The van der Waals surface area contributed by atoms with Crippen LogP contribution < -0.4 is 41.5 Å². The summed E-state index contributed by atoms with van der Waals surface area (Å²) in [5.41, 5.74) is 19.3. The molecule has 0 aliphatic rings. The Bertz CT molecular complexity index is 732. The summed E-state index contributed by atoms with van der Waals surface area (Å²) >= 11 is 5.27. The van der Waals surface area contributed by atoms with Crippen LogP contribution in [0.15, 0.2) is 36.4 Å². The summed E-state index contributed by atoms with van der Waals surface area (Å²) in [6.07, 6.45) is 0. The second-order valence-corrected chi connectivity index (χ2v) is 7.10. The molecule has 0 aliphatic heterocycles. The van der Waals surface area contributed by atoms with Crippen molar-refractivity contribution in [1.29, 1.82) is 0 Å². The third kappa shape index (κ3) is 11.5. The van der Waals surface area contributed by atoms with E-state index >= 15 is 0 Å². The fourth-order valence-corrected chi connectivity index (χ4v) is 1.75. The Kier molecular flexibility index (Phi) is 10.3. The van der Waals surface area contributed by atoms with E-state index in [1.54, 1.807) is 36.4 Å². The van der Waals surface area contributed by atoms with Crippen molar-refractivity contribution >= 4 is 46.0 Å². The minimum absolute atomic E-state index is 0.613. The number of nitrogens with two attached hydrogens (primary N) is 2. The molecule has 0 atom stereocenters. The number of anilines is 4. The van der Waals surface area contributed by atoms with E-state index in [1.807, 2.05) is 0 Å². The number of halogens is 2. The Balaban J connectivity index is 0.000000368. The Morgan fingerprint density at radius 3 is 1.32 bits per heavy atom. The molecule has 2 aromatic rings. The minimum atomic E-state index is -6.02. The number of nitrogen functional groups attached to an aromatic ring is 2. The van der Waals surface area contributed by atoms with E-state index in [0.717, 1.165) is 11.4 Å². The van der Waals surface area contributed by atoms with Crippen LogP contribution in [-0.4, -0.2) is 0 Å². The van der Waals surface area contributed by atoms with Crippen LogP contribution in [0.2, 0.25) is 10.0 Å². The molecule has 13 heteroatoms. The zero-order valence-corrected chi connectivity index (χ0v) is 16.3. The first kappa shape index (κ1) is 23.3. The van der Waals surface area contributed by atoms with Crippen LogP contribution in [0, 0.1) is 0 Å². The van der Waals surface area contributed by atoms with Gasteiger partial charge < -0.3 is 11.5 Å². The van der Waals surface area contributed by atoms with Gasteiger partial charge in [-0.05, 0) is 36.4 Å². The topological polar surface area (TPSA) is 212 Å². The molecule has 140 valence electrons. The van der Waals surface area contributed by atoms with Crippen LogP contribution in [0.5, 0.6) is 0 Å². The quantitative estimate of drug-likeness (QED) is 0.167. The summed E-state index contributed by atoms with van der Waals surface area (Å²) in [6, 6.07) is 10.4. The fourth-order valence-electron chi connectivity index (χ4n) is 1.39. The van der Waals surface area contributed by atoms with Gasteiger partial charge in [-0.25, -0.2) is 10.9 Å². The van der Waals surface area contributed by atoms with Gasteiger partial charge >= 0.3 is 31.1 Å². The number of benzene rings is 2. The Labute approximate surface area is 157 Å². The van der Waals surface area contributed by atoms with Gasteiger partial charge in [-0.15, -0.1) is 0 Å². The van der Waals surface area contributed by atoms with E-state index in [-0.39, 0.29) is 0 Å². The third-order valence-electron chi connectivity index (χ3n) is 2.41. The molecule has 0 spiro atoms. The first-order valence-electron chi connectivity index (χ1n) is 6.31. The fraction of sp³-hybridized carbons (Fsp3) is 0. The molecule has 10 nitrogen and oxygen atoms in total. The molecule has 0 aromatic heterocycles. The predicted octanol–water partition coefficient (Wildman–Crippen LogP) is -1.64. The van der Waals surface area contributed by atoms with E-state index < -0.39 is 16.7 Å². The summed E-state index contributed by atoms with van der Waals surface area (Å²) in [5.74, 6) is 6.95. The van der Waals surface area contributed by atoms with Gasteiger partial charge in [-0.3, -0.25) is 11.7 Å². The number of quaternary nitrogens is 2. The molecule has 0 fully saturated rings. The normalized spacial score (nSPS) is 9.84. The molecular formula is C12H18Cl2MoN6O4. The summed E-state index contributed by atoms with van der Waals surface area (Å²) in [5, 5.41) is 1.27. The van der Waals surface area contributed by atoms with Crippen molar-refractivity contribution in [3.8, 4) is 0 Å². The van der Waals surface area contributed by atoms with E-state index in [2.05, 4.69) is 22.5 Å². The van der Waals surface area contributed by atoms with E-state index in [4.69, 9.17) is 49.0 Å². The van der Waals surface area contributed by atoms with Gasteiger partial charge in [0.05, 0.1) is 11.4 Å². The first-order valence-corrected chi connectivity index (χ1v) is 10.3. The SMILES string of the molecule is Nc1cc(Cl)ccc1N[NH3+].Nc1cc(Cl)ccc1N[NH3+].[O]=[Mo](=[O])([O-])[O-]. The van der Waals surface area contributed by atoms with Crippen molar-refractivity contribution in [2.24, 2.45) is 0 Å². The van der Waals surface area contributed by atoms with E-state index in [9.17, 15) is 0 Å². The van der Waals surface area contributed by atoms with Crippen LogP contribution in [0.25, 0.3) is 0 Å². The molecule has 0 unspecified atom stereocenters. The molecule has 0 radical (unpaired) electrons. The molecule has 0 bridgehead atoms. The summed E-state index contributed by atoms with van der Waals surface area (Å²) in [4.78, 5) is 0. The molecular weight excluding hydrogens is 459 g/mol. The predicted molar refractivity (Wildman–Crippen MR) is 86.1 cm³/mol. The Hall–Kier alpha value is -1.65. The Morgan fingerprint density at radius 1 is 0.840 bits per heavy atom. The molecule has 25 heavy (non-hydrogen) atoms. The molecule has 2 rings (SSSR count). The zero-order chi connectivity index (χ0) is 19.6. The monoisotopic (exact) mass is 478 g/mol. The molecule has 0 aliphatic carbocycles. The Morgan fingerprint density at radius 2 is 1.12 bits per heavy atom. The third-order valence-corrected chi connectivity index (χ3v) is 2.88. The zero-order valence-electron chi connectivity index (χ0n) is 12.8. The standard InChI is InChI=1S/2C6H8ClN3.Mo.4O/c2*7-4-1-2-6(10-9)5(8)3-4;;;;;/h2*1-3,10H,8-9H2;;;;;/q;;;;;2*-1/p+2. The van der Waals surface area contributed by atoms with Crippen molar-refractivity contribution < 1.29 is 42.7 Å². The van der Waals surface area contributed by atoms with Crippen molar-refractivity contribution in [3.63, 3.8) is 0 Å². The number of hydrogen-bond acceptors (Lipinski definition) is 8. The van der Waals surface area contributed by atoms with Gasteiger partial charge in [0.15, 0.2) is 0 Å². The van der Waals surface area contributed by atoms with E-state index in [0.29, 0.717) is 21.4 Å². The van der Waals surface area contributed by atoms with Crippen molar-refractivity contribution in [1.82, 2.24) is 0 Å². The van der Waals surface area contributed by atoms with Gasteiger partial charge in [0, 0.05) is 10.0 Å². The van der Waals surface area contributed by atoms with Gasteiger partial charge in [-0.2, -0.15) is 0 Å². The molecule has 0 heterocycles. The number of rotatable bonds is 2. The molecule has 0 saturated carbocycles.